The van der Waals surface area contributed by atoms with Crippen molar-refractivity contribution in [1.29, 1.82) is 0 Å². The number of fused-ring (bicyclic) bond motifs is 15. The molecule has 3 heterocycles. The fraction of sp³-hybridized carbons (Fsp3) is 0.161. The topological polar surface area (TPSA) is 17.3 Å². The maximum Gasteiger partial charge on any atom is 0.0728 e. The second-order valence-electron chi connectivity index (χ2n) is 18.6. The average Bonchev–Trinajstić information content (AvgIpc) is 3.85. The van der Waals surface area contributed by atoms with Gasteiger partial charge in [-0.1, -0.05) is 115 Å². The molecule has 3 aromatic heterocycles. The van der Waals surface area contributed by atoms with Crippen LogP contribution in [-0.4, -0.2) is 9.38 Å². The first-order chi connectivity index (χ1) is 28.8. The van der Waals surface area contributed by atoms with Gasteiger partial charge in [-0.15, -0.1) is 0 Å². The zero-order chi connectivity index (χ0) is 36.9. The van der Waals surface area contributed by atoms with Crippen molar-refractivity contribution in [2.75, 3.05) is 0 Å². The maximum atomic E-state index is 5.61. The summed E-state index contributed by atoms with van der Waals surface area (Å²) in [5, 5.41) is 5.94. The smallest absolute Gasteiger partial charge is 0.0728 e. The number of aromatic nitrogens is 2. The van der Waals surface area contributed by atoms with Crippen molar-refractivity contribution in [2.24, 2.45) is 0 Å². The predicted octanol–water partition coefficient (Wildman–Crippen LogP) is 12.0. The number of pyridine rings is 1. The summed E-state index contributed by atoms with van der Waals surface area (Å²) >= 11 is 0. The van der Waals surface area contributed by atoms with Gasteiger partial charge in [0.1, 0.15) is 0 Å². The lowest BCUT2D eigenvalue weighted by atomic mass is 9.43. The van der Waals surface area contributed by atoms with Crippen LogP contribution in [0.4, 0.5) is 0 Å². The van der Waals surface area contributed by atoms with E-state index in [9.17, 15) is 0 Å². The van der Waals surface area contributed by atoms with E-state index in [4.69, 9.17) is 4.98 Å². The van der Waals surface area contributed by atoms with Gasteiger partial charge in [0.25, 0.3) is 0 Å². The van der Waals surface area contributed by atoms with Gasteiger partial charge in [0.2, 0.25) is 0 Å². The molecule has 8 aliphatic rings. The summed E-state index contributed by atoms with van der Waals surface area (Å²) < 4.78 is 2.72. The number of aryl methyl sites for hydroxylation is 4. The van der Waals surface area contributed by atoms with Gasteiger partial charge in [-0.05, 0) is 132 Å². The highest BCUT2D eigenvalue weighted by Crippen LogP contribution is 2.77. The van der Waals surface area contributed by atoms with E-state index in [1.807, 2.05) is 0 Å². The van der Waals surface area contributed by atoms with Gasteiger partial charge in [0.05, 0.1) is 34.4 Å². The van der Waals surface area contributed by atoms with E-state index in [1.54, 1.807) is 55.6 Å². The maximum absolute atomic E-state index is 5.61. The van der Waals surface area contributed by atoms with Crippen LogP contribution in [0.3, 0.4) is 0 Å². The van der Waals surface area contributed by atoms with Gasteiger partial charge in [0.15, 0.2) is 0 Å². The van der Waals surface area contributed by atoms with Crippen molar-refractivity contribution in [3.63, 3.8) is 0 Å². The molecule has 0 aliphatic heterocycles. The molecule has 0 amide bonds. The monoisotopic (exact) mass is 734 g/mol. The first kappa shape index (κ1) is 28.8. The van der Waals surface area contributed by atoms with E-state index in [0.29, 0.717) is 11.8 Å². The highest BCUT2D eigenvalue weighted by molar-refractivity contribution is 6.28. The molecule has 3 atom stereocenters. The SMILES string of the molecule is c1cc2c3c(c1)CCc1c-3c(c3c4cc5c(cc4n4c6cnc7c(c6c1c34)C1c3ccccc3C7c3ccccc31)C1c3ccccc3C13c1ccccc1C53)CC2. The highest BCUT2D eigenvalue weighted by Gasteiger charge is 2.69. The average molecular weight is 735 g/mol. The van der Waals surface area contributed by atoms with Gasteiger partial charge in [0, 0.05) is 44.7 Å². The number of hydrogen-bond donors (Lipinski definition) is 0. The first-order valence-corrected chi connectivity index (χ1v) is 21.5. The van der Waals surface area contributed by atoms with Crippen LogP contribution < -0.4 is 0 Å². The molecule has 7 aromatic carbocycles. The second kappa shape index (κ2) is 9.11. The standard InChI is InChI=1S/C56H34N2/c1-3-14-31-29(12-1)45-30-13-2-4-15-32(30)47(31)54-51(45)50-43(26-57-54)58-42-25-38-37(52-33-16-5-7-18-40(33)56(52)41-19-8-6-17-34(41)53(38)56)24-39(42)48-35-22-20-27-10-9-11-28-21-23-36(46(35)44(27)28)49(50)55(48)58/h1-19,24-26,45,47,52-53H,20-23H2. The van der Waals surface area contributed by atoms with E-state index < -0.39 is 0 Å². The molecule has 3 unspecified atom stereocenters. The highest BCUT2D eigenvalue weighted by atomic mass is 14.9. The van der Waals surface area contributed by atoms with Gasteiger partial charge in [-0.2, -0.15) is 0 Å². The summed E-state index contributed by atoms with van der Waals surface area (Å²) in [5.41, 5.74) is 31.4. The van der Waals surface area contributed by atoms with Crippen LogP contribution >= 0.6 is 0 Å². The van der Waals surface area contributed by atoms with Crippen molar-refractivity contribution in [1.82, 2.24) is 9.38 Å². The third kappa shape index (κ3) is 2.73. The molecule has 0 saturated carbocycles. The van der Waals surface area contributed by atoms with Crippen LogP contribution in [0.5, 0.6) is 0 Å². The molecular formula is C56H34N2. The Labute approximate surface area is 334 Å². The van der Waals surface area contributed by atoms with E-state index in [-0.39, 0.29) is 17.3 Å². The first-order valence-electron chi connectivity index (χ1n) is 21.5. The molecule has 0 saturated heterocycles. The molecule has 2 bridgehead atoms. The summed E-state index contributed by atoms with van der Waals surface area (Å²) in [7, 11) is 0. The zero-order valence-corrected chi connectivity index (χ0v) is 31.7. The lowest BCUT2D eigenvalue weighted by molar-refractivity contribution is 0.333. The molecule has 268 valence electrons. The summed E-state index contributed by atoms with van der Waals surface area (Å²) in [6, 6.07) is 49.8. The Hall–Kier alpha value is -6.51. The fourth-order valence-electron chi connectivity index (χ4n) is 15.1. The summed E-state index contributed by atoms with van der Waals surface area (Å²) in [6.45, 7) is 0. The van der Waals surface area contributed by atoms with Crippen LogP contribution in [0.2, 0.25) is 0 Å². The lowest BCUT2D eigenvalue weighted by Gasteiger charge is -2.58. The van der Waals surface area contributed by atoms with Crippen LogP contribution in [0.15, 0.2) is 134 Å². The lowest BCUT2D eigenvalue weighted by Crippen LogP contribution is -2.52. The van der Waals surface area contributed by atoms with Crippen molar-refractivity contribution >= 4 is 38.1 Å². The molecule has 1 spiro atoms. The minimum absolute atomic E-state index is 0.0557. The van der Waals surface area contributed by atoms with Crippen LogP contribution in [0, 0.1) is 0 Å². The van der Waals surface area contributed by atoms with Crippen LogP contribution in [0.1, 0.15) is 113 Å². The van der Waals surface area contributed by atoms with Crippen molar-refractivity contribution in [3.8, 4) is 11.1 Å². The van der Waals surface area contributed by atoms with E-state index in [0.717, 1.165) is 25.7 Å². The van der Waals surface area contributed by atoms with E-state index in [1.165, 1.54) is 82.7 Å². The van der Waals surface area contributed by atoms with Gasteiger partial charge >= 0.3 is 0 Å². The fourth-order valence-corrected chi connectivity index (χ4v) is 15.1. The molecule has 2 nitrogen and oxygen atoms in total. The van der Waals surface area contributed by atoms with Crippen LogP contribution in [-0.2, 0) is 31.1 Å². The Morgan fingerprint density at radius 3 is 1.71 bits per heavy atom. The quantitative estimate of drug-likeness (QED) is 0.152. The molecule has 2 heteroatoms. The zero-order valence-electron chi connectivity index (χ0n) is 31.7. The summed E-state index contributed by atoms with van der Waals surface area (Å²) in [4.78, 5) is 5.61. The molecule has 58 heavy (non-hydrogen) atoms. The minimum atomic E-state index is 0.0557. The Bertz CT molecular complexity index is 3610. The molecule has 0 N–H and O–H groups in total. The Balaban J connectivity index is 1.07. The van der Waals surface area contributed by atoms with Gasteiger partial charge in [-0.25, -0.2) is 0 Å². The second-order valence-corrected chi connectivity index (χ2v) is 18.6. The normalized spacial score (nSPS) is 23.7. The predicted molar refractivity (Wildman–Crippen MR) is 231 cm³/mol. The molecule has 18 rings (SSSR count). The Morgan fingerprint density at radius 1 is 0.483 bits per heavy atom. The Kier molecular flexibility index (Phi) is 4.53. The molecule has 0 fully saturated rings. The third-order valence-electron chi connectivity index (χ3n) is 16.8. The number of benzene rings is 7. The van der Waals surface area contributed by atoms with E-state index >= 15 is 0 Å². The number of hydrogen-bond acceptors (Lipinski definition) is 1. The summed E-state index contributed by atoms with van der Waals surface area (Å²) in [5.74, 6) is 1.11. The number of rotatable bonds is 0. The third-order valence-corrected chi connectivity index (χ3v) is 16.8. The van der Waals surface area contributed by atoms with Crippen molar-refractivity contribution < 1.29 is 0 Å². The largest absolute Gasteiger partial charge is 0.306 e. The van der Waals surface area contributed by atoms with Crippen LogP contribution in [0.25, 0.3) is 49.2 Å². The van der Waals surface area contributed by atoms with Crippen molar-refractivity contribution in [2.45, 2.75) is 54.8 Å². The molecule has 0 radical (unpaired) electrons. The summed E-state index contributed by atoms with van der Waals surface area (Å²) in [6.07, 6.45) is 6.68. The van der Waals surface area contributed by atoms with Crippen molar-refractivity contribution in [3.05, 3.63) is 223 Å². The molecule has 8 aliphatic carbocycles. The molecule has 10 aromatic rings. The number of nitrogens with zero attached hydrogens (tertiary/aromatic N) is 2. The van der Waals surface area contributed by atoms with Gasteiger partial charge in [-0.3, -0.25) is 4.98 Å². The van der Waals surface area contributed by atoms with Gasteiger partial charge < -0.3 is 4.40 Å². The van der Waals surface area contributed by atoms with E-state index in [2.05, 4.69) is 138 Å². The Morgan fingerprint density at radius 2 is 1.05 bits per heavy atom. The molecular weight excluding hydrogens is 701 g/mol. The minimum Gasteiger partial charge on any atom is -0.306 e.